The number of hydrogen-bond donors (Lipinski definition) is 1. The maximum absolute atomic E-state index is 12.8. The molecule has 1 amide bonds. The van der Waals surface area contributed by atoms with E-state index < -0.39 is 15.6 Å². The van der Waals surface area contributed by atoms with Gasteiger partial charge in [-0.3, -0.25) is 10.1 Å². The number of rotatable bonds is 3. The van der Waals surface area contributed by atoms with E-state index >= 15 is 0 Å². The Labute approximate surface area is 173 Å². The molecule has 1 N–H and O–H groups in total. The zero-order valence-electron chi connectivity index (χ0n) is 15.0. The summed E-state index contributed by atoms with van der Waals surface area (Å²) in [5, 5.41) is 6.67. The Morgan fingerprint density at radius 1 is 1.18 bits per heavy atom. The number of amides is 1. The molecule has 0 radical (unpaired) electrons. The van der Waals surface area contributed by atoms with Crippen LogP contribution in [-0.4, -0.2) is 26.6 Å². The summed E-state index contributed by atoms with van der Waals surface area (Å²) >= 11 is 11.3. The SMILES string of the molecule is Cc1onc(-c2ccccc2Cl)c1C(=O)NC(=S)N=S(C)(=O)c1ccccc1. The Morgan fingerprint density at radius 3 is 2.50 bits per heavy atom. The average Bonchev–Trinajstić information content (AvgIpc) is 3.03. The molecule has 6 nitrogen and oxygen atoms in total. The molecule has 0 bridgehead atoms. The third-order valence-corrected chi connectivity index (χ3v) is 6.19. The van der Waals surface area contributed by atoms with Gasteiger partial charge >= 0.3 is 0 Å². The Morgan fingerprint density at radius 2 is 1.82 bits per heavy atom. The van der Waals surface area contributed by atoms with Crippen LogP contribution in [0.1, 0.15) is 16.1 Å². The molecule has 0 spiro atoms. The summed E-state index contributed by atoms with van der Waals surface area (Å²) in [4.78, 5) is 13.3. The second-order valence-electron chi connectivity index (χ2n) is 5.91. The fourth-order valence-electron chi connectivity index (χ4n) is 2.54. The Bertz CT molecular complexity index is 1170. The van der Waals surface area contributed by atoms with E-state index in [1.165, 1.54) is 6.26 Å². The number of aryl methyl sites for hydroxylation is 1. The van der Waals surface area contributed by atoms with Gasteiger partial charge in [0.25, 0.3) is 5.91 Å². The molecule has 1 heterocycles. The summed E-state index contributed by atoms with van der Waals surface area (Å²) in [7, 11) is -2.79. The monoisotopic (exact) mass is 433 g/mol. The molecule has 0 aliphatic rings. The van der Waals surface area contributed by atoms with Gasteiger partial charge in [0, 0.05) is 16.7 Å². The summed E-state index contributed by atoms with van der Waals surface area (Å²) in [5.74, 6) is -0.263. The van der Waals surface area contributed by atoms with E-state index in [0.717, 1.165) is 0 Å². The van der Waals surface area contributed by atoms with E-state index in [9.17, 15) is 9.00 Å². The molecule has 3 rings (SSSR count). The molecule has 3 aromatic rings. The highest BCUT2D eigenvalue weighted by Gasteiger charge is 2.24. The first-order chi connectivity index (χ1) is 13.3. The molecule has 1 unspecified atom stereocenters. The van der Waals surface area contributed by atoms with Crippen LogP contribution in [0.2, 0.25) is 5.02 Å². The van der Waals surface area contributed by atoms with Crippen molar-refractivity contribution in [1.29, 1.82) is 0 Å². The van der Waals surface area contributed by atoms with Crippen LogP contribution in [0.3, 0.4) is 0 Å². The first kappa shape index (κ1) is 20.2. The van der Waals surface area contributed by atoms with Crippen molar-refractivity contribution in [2.75, 3.05) is 6.26 Å². The second kappa shape index (κ2) is 8.22. The number of halogens is 1. The lowest BCUT2D eigenvalue weighted by Crippen LogP contribution is -2.29. The third-order valence-electron chi connectivity index (χ3n) is 3.88. The van der Waals surface area contributed by atoms with Crippen LogP contribution < -0.4 is 5.32 Å². The highest BCUT2D eigenvalue weighted by Crippen LogP contribution is 2.30. The molecule has 0 aliphatic heterocycles. The van der Waals surface area contributed by atoms with Gasteiger partial charge in [-0.25, -0.2) is 4.21 Å². The lowest BCUT2D eigenvalue weighted by atomic mass is 10.1. The number of benzene rings is 2. The van der Waals surface area contributed by atoms with Gasteiger partial charge in [-0.2, -0.15) is 4.36 Å². The fourth-order valence-corrected chi connectivity index (χ4v) is 4.42. The van der Waals surface area contributed by atoms with Gasteiger partial charge in [0.2, 0.25) is 5.11 Å². The standard InChI is InChI=1S/C19H16ClN3O3S2/c1-12-16(17(22-26-12)14-10-6-7-11-15(14)20)18(24)21-19(27)23-28(2,25)13-8-4-3-5-9-13/h3-11H,1-2H3,(H,21,24,27). The average molecular weight is 434 g/mol. The third kappa shape index (κ3) is 4.30. The van der Waals surface area contributed by atoms with Crippen molar-refractivity contribution in [3.63, 3.8) is 0 Å². The number of carbonyl (C=O) groups is 1. The van der Waals surface area contributed by atoms with Crippen molar-refractivity contribution in [1.82, 2.24) is 10.5 Å². The summed E-state index contributed by atoms with van der Waals surface area (Å²) in [5.41, 5.74) is 1.04. The molecule has 1 aromatic heterocycles. The van der Waals surface area contributed by atoms with E-state index in [1.54, 1.807) is 55.5 Å². The molecule has 144 valence electrons. The van der Waals surface area contributed by atoms with E-state index in [2.05, 4.69) is 14.8 Å². The lowest BCUT2D eigenvalue weighted by molar-refractivity contribution is 0.0976. The number of hydrogen-bond acceptors (Lipinski definition) is 5. The van der Waals surface area contributed by atoms with Crippen molar-refractivity contribution >= 4 is 44.6 Å². The highest BCUT2D eigenvalue weighted by molar-refractivity contribution is 7.94. The predicted octanol–water partition coefficient (Wildman–Crippen LogP) is 4.48. The zero-order valence-corrected chi connectivity index (χ0v) is 17.4. The molecule has 0 saturated heterocycles. The van der Waals surface area contributed by atoms with Crippen LogP contribution in [0.5, 0.6) is 0 Å². The highest BCUT2D eigenvalue weighted by atomic mass is 35.5. The van der Waals surface area contributed by atoms with Gasteiger partial charge < -0.3 is 4.52 Å². The van der Waals surface area contributed by atoms with Crippen LogP contribution in [-0.2, 0) is 9.73 Å². The first-order valence-electron chi connectivity index (χ1n) is 8.13. The number of nitrogens with zero attached hydrogens (tertiary/aromatic N) is 2. The lowest BCUT2D eigenvalue weighted by Gasteiger charge is -2.07. The van der Waals surface area contributed by atoms with Crippen molar-refractivity contribution in [2.24, 2.45) is 4.36 Å². The number of nitrogens with one attached hydrogen (secondary N) is 1. The molecular formula is C19H16ClN3O3S2. The molecule has 1 atom stereocenters. The van der Waals surface area contributed by atoms with E-state index in [0.29, 0.717) is 26.9 Å². The second-order valence-corrected chi connectivity index (χ2v) is 8.96. The van der Waals surface area contributed by atoms with Crippen LogP contribution >= 0.6 is 23.8 Å². The minimum Gasteiger partial charge on any atom is -0.360 e. The van der Waals surface area contributed by atoms with Crippen LogP contribution in [0.4, 0.5) is 0 Å². The number of aromatic nitrogens is 1. The van der Waals surface area contributed by atoms with Gasteiger partial charge in [0.1, 0.15) is 17.0 Å². The van der Waals surface area contributed by atoms with E-state index in [1.807, 2.05) is 6.07 Å². The molecule has 0 aliphatic carbocycles. The smallest absolute Gasteiger partial charge is 0.263 e. The van der Waals surface area contributed by atoms with Crippen molar-refractivity contribution < 1.29 is 13.5 Å². The molecule has 9 heteroatoms. The Kier molecular flexibility index (Phi) is 5.93. The first-order valence-corrected chi connectivity index (χ1v) is 10.8. The van der Waals surface area contributed by atoms with Crippen LogP contribution in [0, 0.1) is 6.92 Å². The number of carbonyl (C=O) groups excluding carboxylic acids is 1. The summed E-state index contributed by atoms with van der Waals surface area (Å²) < 4.78 is 22.0. The fraction of sp³-hybridized carbons (Fsp3) is 0.105. The van der Waals surface area contributed by atoms with Gasteiger partial charge in [0.15, 0.2) is 0 Å². The van der Waals surface area contributed by atoms with Gasteiger partial charge in [-0.05, 0) is 37.3 Å². The Hall–Kier alpha value is -2.55. The van der Waals surface area contributed by atoms with Crippen molar-refractivity contribution in [3.05, 3.63) is 70.9 Å². The van der Waals surface area contributed by atoms with Gasteiger partial charge in [0.05, 0.1) is 14.8 Å². The van der Waals surface area contributed by atoms with Crippen LogP contribution in [0.25, 0.3) is 11.3 Å². The van der Waals surface area contributed by atoms with Gasteiger partial charge in [-0.15, -0.1) is 0 Å². The topological polar surface area (TPSA) is 84.6 Å². The molecule has 2 aromatic carbocycles. The molecular weight excluding hydrogens is 418 g/mol. The zero-order chi connectivity index (χ0) is 20.3. The summed E-state index contributed by atoms with van der Waals surface area (Å²) in [6.07, 6.45) is 1.46. The maximum atomic E-state index is 12.8. The maximum Gasteiger partial charge on any atom is 0.263 e. The predicted molar refractivity (Wildman–Crippen MR) is 113 cm³/mol. The van der Waals surface area contributed by atoms with Crippen molar-refractivity contribution in [2.45, 2.75) is 11.8 Å². The quantitative estimate of drug-likeness (QED) is 0.616. The van der Waals surface area contributed by atoms with Crippen molar-refractivity contribution in [3.8, 4) is 11.3 Å². The summed E-state index contributed by atoms with van der Waals surface area (Å²) in [6, 6.07) is 15.7. The summed E-state index contributed by atoms with van der Waals surface area (Å²) in [6.45, 7) is 1.61. The Balaban J connectivity index is 1.90. The largest absolute Gasteiger partial charge is 0.360 e. The van der Waals surface area contributed by atoms with Crippen LogP contribution in [0.15, 0.2) is 68.4 Å². The molecule has 28 heavy (non-hydrogen) atoms. The minimum atomic E-state index is -2.79. The molecule has 0 fully saturated rings. The van der Waals surface area contributed by atoms with E-state index in [4.69, 9.17) is 28.3 Å². The molecule has 0 saturated carbocycles. The van der Waals surface area contributed by atoms with Gasteiger partial charge in [-0.1, -0.05) is 53.2 Å². The van der Waals surface area contributed by atoms with E-state index in [-0.39, 0.29) is 10.7 Å². The normalized spacial score (nSPS) is 12.8. The minimum absolute atomic E-state index is 0.188. The number of thiocarbonyl (C=S) groups is 1.